The number of carboxylic acids is 1. The average Bonchev–Trinajstić information content (AvgIpc) is 2.70. The first-order valence-corrected chi connectivity index (χ1v) is 13.1. The van der Waals surface area contributed by atoms with Crippen molar-refractivity contribution in [3.63, 3.8) is 0 Å². The molecule has 0 aromatic carbocycles. The number of carbonyl (C=O) groups is 4. The van der Waals surface area contributed by atoms with Crippen LogP contribution in [0.15, 0.2) is 0 Å². The number of carboxylic acid groups (broad SMARTS) is 1. The van der Waals surface area contributed by atoms with Crippen LogP contribution < -0.4 is 16.0 Å². The third-order valence-corrected chi connectivity index (χ3v) is 5.48. The number of hydrogen-bond acceptors (Lipinski definition) is 6. The Kier molecular flexibility index (Phi) is 18.7. The molecule has 0 unspecified atom stereocenters. The van der Waals surface area contributed by atoms with Crippen LogP contribution in [-0.2, 0) is 23.9 Å². The number of aliphatic carboxylic acids is 1. The summed E-state index contributed by atoms with van der Waals surface area (Å²) in [6.07, 6.45) is -0.0155. The second-order valence-electron chi connectivity index (χ2n) is 10.1. The number of rotatable bonds is 15. The first-order valence-electron chi connectivity index (χ1n) is 11.9. The average molecular weight is 506 g/mol. The van der Waals surface area contributed by atoms with Crippen molar-refractivity contribution in [1.29, 1.82) is 0 Å². The number of nitrogens with one attached hydrogen (secondary N) is 3. The van der Waals surface area contributed by atoms with E-state index in [4.69, 9.17) is 9.84 Å². The van der Waals surface area contributed by atoms with Gasteiger partial charge in [-0.15, -0.1) is 0 Å². The Morgan fingerprint density at radius 2 is 1.41 bits per heavy atom. The Balaban J connectivity index is 0. The normalized spacial score (nSPS) is 12.1. The van der Waals surface area contributed by atoms with Gasteiger partial charge in [0, 0.05) is 31.7 Å². The van der Waals surface area contributed by atoms with Gasteiger partial charge in [0.05, 0.1) is 19.6 Å². The number of thioether (sulfide) groups is 1. The van der Waals surface area contributed by atoms with Crippen LogP contribution >= 0.6 is 11.8 Å². The Morgan fingerprint density at radius 1 is 0.853 bits per heavy atom. The monoisotopic (exact) mass is 505 g/mol. The van der Waals surface area contributed by atoms with E-state index in [1.165, 1.54) is 0 Å². The quantitative estimate of drug-likeness (QED) is 0.251. The molecule has 9 nitrogen and oxygen atoms in total. The highest BCUT2D eigenvalue weighted by Gasteiger charge is 2.22. The van der Waals surface area contributed by atoms with Crippen molar-refractivity contribution in [1.82, 2.24) is 16.0 Å². The molecular weight excluding hydrogens is 458 g/mol. The third kappa shape index (κ3) is 23.4. The summed E-state index contributed by atoms with van der Waals surface area (Å²) in [5, 5.41) is 16.9. The van der Waals surface area contributed by atoms with Gasteiger partial charge in [0.15, 0.2) is 0 Å². The maximum absolute atomic E-state index is 12.5. The van der Waals surface area contributed by atoms with Gasteiger partial charge in [-0.25, -0.2) is 0 Å². The lowest BCUT2D eigenvalue weighted by molar-refractivity contribution is -0.139. The largest absolute Gasteiger partial charge is 0.481 e. The van der Waals surface area contributed by atoms with Crippen molar-refractivity contribution < 1.29 is 29.0 Å². The van der Waals surface area contributed by atoms with E-state index in [9.17, 15) is 19.2 Å². The Morgan fingerprint density at radius 3 is 1.91 bits per heavy atom. The molecule has 0 fully saturated rings. The van der Waals surface area contributed by atoms with Crippen molar-refractivity contribution in [2.75, 3.05) is 37.8 Å². The van der Waals surface area contributed by atoms with Crippen LogP contribution in [0, 0.1) is 10.8 Å². The SMILES string of the molecule is CC.CC(C)(C)CSC[C@H](NC(=O)CCC(=O)O)C(=O)NCCOCCNC(=O)CC(C)(C)C. The zero-order valence-corrected chi connectivity index (χ0v) is 23.2. The Bertz CT molecular complexity index is 615. The van der Waals surface area contributed by atoms with Crippen molar-refractivity contribution in [3.8, 4) is 0 Å². The summed E-state index contributed by atoms with van der Waals surface area (Å²) in [7, 11) is 0. The van der Waals surface area contributed by atoms with Gasteiger partial charge in [-0.1, -0.05) is 55.4 Å². The minimum Gasteiger partial charge on any atom is -0.481 e. The molecule has 0 aliphatic heterocycles. The zero-order chi connectivity index (χ0) is 26.8. The number of carbonyl (C=O) groups excluding carboxylic acids is 3. The maximum Gasteiger partial charge on any atom is 0.303 e. The molecule has 0 spiro atoms. The van der Waals surface area contributed by atoms with Crippen LogP contribution in [0.3, 0.4) is 0 Å². The van der Waals surface area contributed by atoms with E-state index in [-0.39, 0.29) is 48.6 Å². The molecule has 0 bridgehead atoms. The molecule has 0 aromatic rings. The van der Waals surface area contributed by atoms with Crippen LogP contribution in [0.5, 0.6) is 0 Å². The fourth-order valence-corrected chi connectivity index (χ4v) is 3.63. The fourth-order valence-electron chi connectivity index (χ4n) is 2.43. The summed E-state index contributed by atoms with van der Waals surface area (Å²) >= 11 is 1.56. The van der Waals surface area contributed by atoms with Crippen LogP contribution in [0.25, 0.3) is 0 Å². The lowest BCUT2D eigenvalue weighted by Gasteiger charge is -2.21. The molecule has 1 atom stereocenters. The lowest BCUT2D eigenvalue weighted by Crippen LogP contribution is -2.49. The van der Waals surface area contributed by atoms with E-state index >= 15 is 0 Å². The van der Waals surface area contributed by atoms with Crippen LogP contribution in [0.4, 0.5) is 0 Å². The molecular formula is C24H47N3O6S. The van der Waals surface area contributed by atoms with E-state index in [0.717, 1.165) is 5.75 Å². The summed E-state index contributed by atoms with van der Waals surface area (Å²) in [6, 6.07) is -0.750. The molecule has 4 N–H and O–H groups in total. The molecule has 0 aliphatic carbocycles. The molecule has 0 aromatic heterocycles. The number of ether oxygens (including phenoxy) is 1. The highest BCUT2D eigenvalue weighted by atomic mass is 32.2. The zero-order valence-electron chi connectivity index (χ0n) is 22.3. The first kappa shape index (κ1) is 34.4. The van der Waals surface area contributed by atoms with E-state index in [0.29, 0.717) is 25.3 Å². The van der Waals surface area contributed by atoms with E-state index in [1.807, 2.05) is 34.6 Å². The molecule has 34 heavy (non-hydrogen) atoms. The standard InChI is InChI=1S/C22H41N3O6S.C2H6/c1-21(2,3)13-18(27)23-9-11-31-12-10-24-20(30)16(14-32-15-22(4,5)6)25-17(26)7-8-19(28)29;1-2/h16H,7-15H2,1-6H3,(H,23,27)(H,24,30)(H,25,26)(H,28,29);1-2H3/t16-;/m0./s1. The molecule has 0 aliphatic rings. The minimum absolute atomic E-state index is 0.0244. The fraction of sp³-hybridized carbons (Fsp3) is 0.833. The van der Waals surface area contributed by atoms with E-state index < -0.39 is 17.9 Å². The predicted molar refractivity (Wildman–Crippen MR) is 138 cm³/mol. The molecule has 0 heterocycles. The topological polar surface area (TPSA) is 134 Å². The van der Waals surface area contributed by atoms with Crippen molar-refractivity contribution in [3.05, 3.63) is 0 Å². The van der Waals surface area contributed by atoms with Gasteiger partial charge in [0.25, 0.3) is 0 Å². The molecule has 3 amide bonds. The minimum atomic E-state index is -1.06. The van der Waals surface area contributed by atoms with Gasteiger partial charge in [-0.2, -0.15) is 11.8 Å². The van der Waals surface area contributed by atoms with E-state index in [1.54, 1.807) is 11.8 Å². The van der Waals surface area contributed by atoms with Crippen LogP contribution in [-0.4, -0.2) is 72.6 Å². The van der Waals surface area contributed by atoms with Gasteiger partial charge in [0.2, 0.25) is 17.7 Å². The Hall–Kier alpha value is -1.81. The molecule has 0 radical (unpaired) electrons. The van der Waals surface area contributed by atoms with E-state index in [2.05, 4.69) is 36.7 Å². The second kappa shape index (κ2) is 18.5. The van der Waals surface area contributed by atoms with Crippen LogP contribution in [0.1, 0.15) is 74.7 Å². The van der Waals surface area contributed by atoms with Crippen molar-refractivity contribution in [2.24, 2.45) is 10.8 Å². The molecule has 10 heteroatoms. The van der Waals surface area contributed by atoms with Gasteiger partial charge < -0.3 is 25.8 Å². The van der Waals surface area contributed by atoms with Crippen molar-refractivity contribution >= 4 is 35.5 Å². The maximum atomic E-state index is 12.5. The first-order chi connectivity index (χ1) is 15.7. The van der Waals surface area contributed by atoms with Gasteiger partial charge >= 0.3 is 5.97 Å². The third-order valence-electron chi connectivity index (χ3n) is 3.84. The smallest absolute Gasteiger partial charge is 0.303 e. The van der Waals surface area contributed by atoms with Gasteiger partial charge in [-0.3, -0.25) is 19.2 Å². The number of hydrogen-bond donors (Lipinski definition) is 4. The second-order valence-corrected chi connectivity index (χ2v) is 11.1. The van der Waals surface area contributed by atoms with Gasteiger partial charge in [0.1, 0.15) is 6.04 Å². The summed E-state index contributed by atoms with van der Waals surface area (Å²) in [5.41, 5.74) is 0.00905. The summed E-state index contributed by atoms with van der Waals surface area (Å²) in [4.78, 5) is 46.9. The predicted octanol–water partition coefficient (Wildman–Crippen LogP) is 2.83. The molecule has 0 saturated carbocycles. The van der Waals surface area contributed by atoms with Crippen molar-refractivity contribution in [2.45, 2.75) is 80.7 Å². The van der Waals surface area contributed by atoms with Gasteiger partial charge in [-0.05, 0) is 16.6 Å². The highest BCUT2D eigenvalue weighted by Crippen LogP contribution is 2.21. The Labute approximate surface area is 209 Å². The lowest BCUT2D eigenvalue weighted by atomic mass is 9.92. The van der Waals surface area contributed by atoms with Crippen LogP contribution in [0.2, 0.25) is 0 Å². The summed E-state index contributed by atoms with van der Waals surface area (Å²) < 4.78 is 5.43. The molecule has 0 saturated heterocycles. The molecule has 200 valence electrons. The molecule has 0 rings (SSSR count). The summed E-state index contributed by atoms with van der Waals surface area (Å²) in [6.45, 7) is 17.5. The highest BCUT2D eigenvalue weighted by molar-refractivity contribution is 7.99. The number of amides is 3. The summed E-state index contributed by atoms with van der Waals surface area (Å²) in [5.74, 6) is -0.684.